The van der Waals surface area contributed by atoms with Crippen LogP contribution in [-0.4, -0.2) is 27.6 Å². The molecular weight excluding hydrogens is 471 g/mol. The molecule has 0 fully saturated rings. The third-order valence-corrected chi connectivity index (χ3v) is 4.78. The number of ether oxygens (including phenoxy) is 2. The molecule has 2 heterocycles. The first kappa shape index (κ1) is 23.5. The van der Waals surface area contributed by atoms with E-state index < -0.39 is 48.7 Å². The lowest BCUT2D eigenvalue weighted by atomic mass is 10.1. The number of pyridine rings is 1. The quantitative estimate of drug-likeness (QED) is 0.307. The van der Waals surface area contributed by atoms with Crippen molar-refractivity contribution in [2.45, 2.75) is 18.9 Å². The highest BCUT2D eigenvalue weighted by Gasteiger charge is 2.39. The average molecular weight is 485 g/mol. The molecule has 0 unspecified atom stereocenters. The average Bonchev–Trinajstić information content (AvgIpc) is 3.19. The Morgan fingerprint density at radius 2 is 1.44 bits per heavy atom. The molecule has 5 nitrogen and oxygen atoms in total. The molecule has 0 spiro atoms. The molecule has 0 aliphatic heterocycles. The van der Waals surface area contributed by atoms with Crippen LogP contribution in [0.5, 0.6) is 5.75 Å². The standard InChI is InChI=1S/C22H14F7N3O2/c23-17-2-1-3-18(24)16(17)10-11-33-21(25,26)20-31-30-19-9-6-14(12-32(19)20)13-4-7-15(8-5-13)34-22(27,28)29/h1-9,12H,10-11H2. The molecule has 0 saturated carbocycles. The second-order valence-electron chi connectivity index (χ2n) is 7.06. The summed E-state index contributed by atoms with van der Waals surface area (Å²) in [5.41, 5.74) is 0.454. The SMILES string of the molecule is Fc1cccc(F)c1CCOC(F)(F)c1nnc2ccc(-c3ccc(OC(F)(F)F)cc3)cn12. The summed E-state index contributed by atoms with van der Waals surface area (Å²) >= 11 is 0. The Balaban J connectivity index is 1.54. The summed E-state index contributed by atoms with van der Waals surface area (Å²) in [6.45, 7) is -0.708. The predicted octanol–water partition coefficient (Wildman–Crippen LogP) is 5.88. The van der Waals surface area contributed by atoms with Gasteiger partial charge in [0, 0.05) is 18.2 Å². The van der Waals surface area contributed by atoms with Gasteiger partial charge in [0.2, 0.25) is 5.82 Å². The smallest absolute Gasteiger partial charge is 0.406 e. The van der Waals surface area contributed by atoms with Gasteiger partial charge in [0.25, 0.3) is 0 Å². The van der Waals surface area contributed by atoms with E-state index in [2.05, 4.69) is 19.7 Å². The maximum atomic E-state index is 14.7. The van der Waals surface area contributed by atoms with Gasteiger partial charge < -0.3 is 9.47 Å². The molecular formula is C22H14F7N3O2. The van der Waals surface area contributed by atoms with Gasteiger partial charge in [-0.1, -0.05) is 18.2 Å². The van der Waals surface area contributed by atoms with Crippen molar-refractivity contribution < 1.29 is 40.2 Å². The van der Waals surface area contributed by atoms with Gasteiger partial charge in [0.05, 0.1) is 6.61 Å². The summed E-state index contributed by atoms with van der Waals surface area (Å²) in [6.07, 6.45) is -7.98. The van der Waals surface area contributed by atoms with Crippen LogP contribution >= 0.6 is 0 Å². The summed E-state index contributed by atoms with van der Waals surface area (Å²) in [7, 11) is 0. The van der Waals surface area contributed by atoms with Gasteiger partial charge in [-0.15, -0.1) is 23.4 Å². The van der Waals surface area contributed by atoms with Crippen LogP contribution in [0.3, 0.4) is 0 Å². The summed E-state index contributed by atoms with van der Waals surface area (Å²) in [5.74, 6) is -3.07. The monoisotopic (exact) mass is 485 g/mol. The highest BCUT2D eigenvalue weighted by atomic mass is 19.4. The normalized spacial score (nSPS) is 12.3. The van der Waals surface area contributed by atoms with Crippen molar-refractivity contribution >= 4 is 5.65 Å². The van der Waals surface area contributed by atoms with Crippen LogP contribution in [0.4, 0.5) is 30.7 Å². The molecule has 0 saturated heterocycles. The van der Waals surface area contributed by atoms with Crippen molar-refractivity contribution in [1.82, 2.24) is 14.6 Å². The van der Waals surface area contributed by atoms with Gasteiger partial charge in [-0.3, -0.25) is 4.40 Å². The number of fused-ring (bicyclic) bond motifs is 1. The first-order valence-corrected chi connectivity index (χ1v) is 9.69. The van der Waals surface area contributed by atoms with Crippen LogP contribution in [0.25, 0.3) is 16.8 Å². The minimum absolute atomic E-state index is 0.0548. The van der Waals surface area contributed by atoms with E-state index in [0.29, 0.717) is 11.1 Å². The number of halogens is 7. The minimum atomic E-state index is -4.85. The number of rotatable bonds is 7. The number of benzene rings is 2. The van der Waals surface area contributed by atoms with E-state index in [9.17, 15) is 30.7 Å². The van der Waals surface area contributed by atoms with Gasteiger partial charge in [-0.2, -0.15) is 8.78 Å². The Bertz CT molecular complexity index is 1280. The van der Waals surface area contributed by atoms with Gasteiger partial charge in [-0.25, -0.2) is 8.78 Å². The van der Waals surface area contributed by atoms with E-state index in [4.69, 9.17) is 0 Å². The van der Waals surface area contributed by atoms with Crippen molar-refractivity contribution in [2.75, 3.05) is 6.61 Å². The number of hydrogen-bond donors (Lipinski definition) is 0. The number of aromatic nitrogens is 3. The van der Waals surface area contributed by atoms with Crippen LogP contribution in [0, 0.1) is 11.6 Å². The molecule has 0 N–H and O–H groups in total. The lowest BCUT2D eigenvalue weighted by Crippen LogP contribution is -2.23. The van der Waals surface area contributed by atoms with Crippen molar-refractivity contribution in [3.05, 3.63) is 83.8 Å². The summed E-state index contributed by atoms with van der Waals surface area (Å²) in [4.78, 5) is 0. The molecule has 2 aromatic heterocycles. The Hall–Kier alpha value is -3.67. The minimum Gasteiger partial charge on any atom is -0.406 e. The van der Waals surface area contributed by atoms with Crippen LogP contribution in [0.2, 0.25) is 0 Å². The topological polar surface area (TPSA) is 48.7 Å². The molecule has 2 aromatic carbocycles. The fraction of sp³-hybridized carbons (Fsp3) is 0.182. The highest BCUT2D eigenvalue weighted by molar-refractivity contribution is 5.65. The van der Waals surface area contributed by atoms with Crippen LogP contribution in [0.15, 0.2) is 60.8 Å². The molecule has 0 aliphatic rings. The number of nitrogens with zero attached hydrogens (tertiary/aromatic N) is 3. The Labute approximate surface area is 187 Å². The maximum Gasteiger partial charge on any atom is 0.573 e. The van der Waals surface area contributed by atoms with E-state index in [-0.39, 0.29) is 11.2 Å². The number of hydrogen-bond acceptors (Lipinski definition) is 4. The van der Waals surface area contributed by atoms with Crippen LogP contribution in [0.1, 0.15) is 11.4 Å². The zero-order valence-electron chi connectivity index (χ0n) is 17.0. The third kappa shape index (κ3) is 5.11. The molecule has 0 atom stereocenters. The maximum absolute atomic E-state index is 14.7. The van der Waals surface area contributed by atoms with Gasteiger partial charge >= 0.3 is 12.5 Å². The number of alkyl halides is 5. The predicted molar refractivity (Wildman–Crippen MR) is 105 cm³/mol. The molecule has 34 heavy (non-hydrogen) atoms. The van der Waals surface area contributed by atoms with E-state index in [1.807, 2.05) is 0 Å². The molecule has 0 aliphatic carbocycles. The van der Waals surface area contributed by atoms with Gasteiger partial charge in [0.1, 0.15) is 17.4 Å². The van der Waals surface area contributed by atoms with E-state index in [1.165, 1.54) is 30.5 Å². The molecule has 0 amide bonds. The molecule has 12 heteroatoms. The molecule has 178 valence electrons. The molecule has 0 radical (unpaired) electrons. The van der Waals surface area contributed by atoms with Crippen molar-refractivity contribution in [3.63, 3.8) is 0 Å². The van der Waals surface area contributed by atoms with Crippen LogP contribution < -0.4 is 4.74 Å². The van der Waals surface area contributed by atoms with Crippen LogP contribution in [-0.2, 0) is 17.3 Å². The fourth-order valence-electron chi connectivity index (χ4n) is 3.23. The van der Waals surface area contributed by atoms with Gasteiger partial charge in [0.15, 0.2) is 5.65 Å². The van der Waals surface area contributed by atoms with Crippen molar-refractivity contribution in [2.24, 2.45) is 0 Å². The lowest BCUT2D eigenvalue weighted by Gasteiger charge is -2.16. The Morgan fingerprint density at radius 3 is 2.09 bits per heavy atom. The first-order valence-electron chi connectivity index (χ1n) is 9.69. The lowest BCUT2D eigenvalue weighted by molar-refractivity contribution is -0.274. The summed E-state index contributed by atoms with van der Waals surface area (Å²) in [6, 6.07) is 10.9. The Morgan fingerprint density at radius 1 is 0.794 bits per heavy atom. The second-order valence-corrected chi connectivity index (χ2v) is 7.06. The summed E-state index contributed by atoms with van der Waals surface area (Å²) in [5, 5.41) is 7.12. The first-order chi connectivity index (χ1) is 16.0. The summed E-state index contributed by atoms with van der Waals surface area (Å²) < 4.78 is 103. The zero-order valence-corrected chi connectivity index (χ0v) is 17.0. The second kappa shape index (κ2) is 8.93. The fourth-order valence-corrected chi connectivity index (χ4v) is 3.23. The van der Waals surface area contributed by atoms with E-state index >= 15 is 0 Å². The van der Waals surface area contributed by atoms with E-state index in [1.54, 1.807) is 0 Å². The largest absolute Gasteiger partial charge is 0.573 e. The Kier molecular flexibility index (Phi) is 6.17. The van der Waals surface area contributed by atoms with Gasteiger partial charge in [-0.05, 0) is 47.5 Å². The zero-order chi connectivity index (χ0) is 24.5. The van der Waals surface area contributed by atoms with E-state index in [0.717, 1.165) is 34.7 Å². The van der Waals surface area contributed by atoms with Crippen molar-refractivity contribution in [3.8, 4) is 16.9 Å². The molecule has 4 rings (SSSR count). The molecule has 0 bridgehead atoms. The van der Waals surface area contributed by atoms with Crippen molar-refractivity contribution in [1.29, 1.82) is 0 Å². The third-order valence-electron chi connectivity index (χ3n) is 4.78. The molecule has 4 aromatic rings. The highest BCUT2D eigenvalue weighted by Crippen LogP contribution is 2.31.